The van der Waals surface area contributed by atoms with Crippen molar-refractivity contribution in [3.8, 4) is 0 Å². The quantitative estimate of drug-likeness (QED) is 0.504. The molecule has 64 valence electrons. The summed E-state index contributed by atoms with van der Waals surface area (Å²) in [5.74, 6) is -1.20. The van der Waals surface area contributed by atoms with Crippen molar-refractivity contribution in [2.24, 2.45) is 5.92 Å². The van der Waals surface area contributed by atoms with Crippen LogP contribution in [0.5, 0.6) is 0 Å². The molecule has 0 aliphatic carbocycles. The minimum absolute atomic E-state index is 0.285. The van der Waals surface area contributed by atoms with E-state index in [1.54, 1.807) is 6.92 Å². The van der Waals surface area contributed by atoms with Crippen molar-refractivity contribution in [3.05, 3.63) is 0 Å². The van der Waals surface area contributed by atoms with Crippen molar-refractivity contribution >= 4 is 21.9 Å². The molecule has 2 nitrogen and oxygen atoms in total. The molecule has 1 heterocycles. The number of rotatable bonds is 1. The zero-order chi connectivity index (χ0) is 8.65. The van der Waals surface area contributed by atoms with Crippen molar-refractivity contribution in [1.82, 2.24) is 0 Å². The van der Waals surface area contributed by atoms with Crippen molar-refractivity contribution in [3.63, 3.8) is 0 Å². The molecule has 4 heteroatoms. The number of alkyl halides is 2. The molecule has 1 aliphatic rings. The molecule has 0 radical (unpaired) electrons. The lowest BCUT2D eigenvalue weighted by Gasteiger charge is -2.14. The van der Waals surface area contributed by atoms with E-state index < -0.39 is 16.5 Å². The summed E-state index contributed by atoms with van der Waals surface area (Å²) in [7, 11) is 0. The lowest BCUT2D eigenvalue weighted by molar-refractivity contribution is -0.146. The molecular weight excluding hydrogens is 215 g/mol. The van der Waals surface area contributed by atoms with Crippen molar-refractivity contribution in [2.45, 2.75) is 31.0 Å². The molecule has 0 bridgehead atoms. The Kier molecular flexibility index (Phi) is 2.23. The predicted octanol–water partition coefficient (Wildman–Crippen LogP) is 2.02. The number of esters is 1. The maximum atomic E-state index is 13.3. The van der Waals surface area contributed by atoms with Crippen LogP contribution in [0, 0.1) is 5.92 Å². The third kappa shape index (κ3) is 1.28. The van der Waals surface area contributed by atoms with E-state index in [2.05, 4.69) is 15.9 Å². The highest BCUT2D eigenvalue weighted by Gasteiger charge is 2.53. The first-order valence-corrected chi connectivity index (χ1v) is 4.38. The zero-order valence-electron chi connectivity index (χ0n) is 6.43. The number of carbonyl (C=O) groups excluding carboxylic acids is 1. The molecule has 0 aromatic rings. The summed E-state index contributed by atoms with van der Waals surface area (Å²) < 4.78 is 16.1. The van der Waals surface area contributed by atoms with Crippen LogP contribution in [-0.4, -0.2) is 16.7 Å². The van der Waals surface area contributed by atoms with E-state index >= 15 is 0 Å². The largest absolute Gasteiger partial charge is 0.459 e. The van der Waals surface area contributed by atoms with Crippen LogP contribution in [-0.2, 0) is 9.53 Å². The molecule has 1 saturated heterocycles. The van der Waals surface area contributed by atoms with E-state index in [0.717, 1.165) is 0 Å². The summed E-state index contributed by atoms with van der Waals surface area (Å²) in [6, 6.07) is 0. The van der Waals surface area contributed by atoms with Crippen molar-refractivity contribution in [2.75, 3.05) is 0 Å². The summed E-state index contributed by atoms with van der Waals surface area (Å²) in [4.78, 5) is 10.8. The van der Waals surface area contributed by atoms with Crippen molar-refractivity contribution in [1.29, 1.82) is 0 Å². The fraction of sp³-hybridized carbons (Fsp3) is 0.857. The minimum atomic E-state index is -1.96. The summed E-state index contributed by atoms with van der Waals surface area (Å²) in [6.07, 6.45) is 0.372. The van der Waals surface area contributed by atoms with Gasteiger partial charge >= 0.3 is 5.97 Å². The number of hydrogen-bond donors (Lipinski definition) is 0. The normalized spacial score (nSPS) is 44.2. The van der Waals surface area contributed by atoms with Gasteiger partial charge in [0.2, 0.25) is 0 Å². The lowest BCUT2D eigenvalue weighted by Crippen LogP contribution is -2.28. The van der Waals surface area contributed by atoms with Gasteiger partial charge < -0.3 is 4.74 Å². The van der Waals surface area contributed by atoms with E-state index in [9.17, 15) is 9.18 Å². The molecule has 1 unspecified atom stereocenters. The molecular formula is C7H10BrFO2. The Labute approximate surface area is 73.2 Å². The number of hydrogen-bond acceptors (Lipinski definition) is 2. The number of halogens is 2. The molecule has 1 fully saturated rings. The minimum Gasteiger partial charge on any atom is -0.459 e. The fourth-order valence-electron chi connectivity index (χ4n) is 1.17. The van der Waals surface area contributed by atoms with Gasteiger partial charge in [0.05, 0.1) is 0 Å². The van der Waals surface area contributed by atoms with Gasteiger partial charge in [-0.15, -0.1) is 0 Å². The molecule has 0 amide bonds. The summed E-state index contributed by atoms with van der Waals surface area (Å²) in [5.41, 5.74) is 0. The van der Waals surface area contributed by atoms with Gasteiger partial charge in [-0.2, -0.15) is 0 Å². The highest BCUT2D eigenvalue weighted by Crippen LogP contribution is 2.41. The second-order valence-corrected chi connectivity index (χ2v) is 3.92. The van der Waals surface area contributed by atoms with Crippen LogP contribution in [0.2, 0.25) is 0 Å². The van der Waals surface area contributed by atoms with Crippen LogP contribution in [0.4, 0.5) is 4.39 Å². The molecule has 0 saturated carbocycles. The Balaban J connectivity index is 2.80. The highest BCUT2D eigenvalue weighted by atomic mass is 79.9. The van der Waals surface area contributed by atoms with Crippen LogP contribution in [0.3, 0.4) is 0 Å². The van der Waals surface area contributed by atoms with Gasteiger partial charge in [-0.05, 0) is 22.4 Å². The Morgan fingerprint density at radius 1 is 1.82 bits per heavy atom. The van der Waals surface area contributed by atoms with E-state index in [0.29, 0.717) is 6.42 Å². The maximum absolute atomic E-state index is 13.3. The molecule has 0 aromatic carbocycles. The van der Waals surface area contributed by atoms with E-state index in [1.165, 1.54) is 0 Å². The third-order valence-corrected chi connectivity index (χ3v) is 3.11. The molecule has 1 aliphatic heterocycles. The molecule has 0 N–H and O–H groups in total. The average molecular weight is 225 g/mol. The molecule has 0 spiro atoms. The summed E-state index contributed by atoms with van der Waals surface area (Å²) >= 11 is 2.71. The standard InChI is InChI=1S/C7H10BrFO2/c1-3-5-4(2)7(8,9)6(10)11-5/h4-5H,3H2,1-2H3/t4-,5-,7?/m1/s1. The average Bonchev–Trinajstić information content (AvgIpc) is 2.14. The van der Waals surface area contributed by atoms with Crippen LogP contribution in [0.1, 0.15) is 20.3 Å². The van der Waals surface area contributed by atoms with E-state index in [-0.39, 0.29) is 6.10 Å². The third-order valence-electron chi connectivity index (χ3n) is 2.06. The van der Waals surface area contributed by atoms with Crippen LogP contribution < -0.4 is 0 Å². The first-order valence-electron chi connectivity index (χ1n) is 3.59. The molecule has 0 aromatic heterocycles. The SMILES string of the molecule is CC[C@H]1OC(=O)C(F)(Br)[C@@H]1C. The summed E-state index contributed by atoms with van der Waals surface area (Å²) in [6.45, 7) is 3.52. The van der Waals surface area contributed by atoms with Gasteiger partial charge in [-0.3, -0.25) is 0 Å². The van der Waals surface area contributed by atoms with Gasteiger partial charge in [0, 0.05) is 5.92 Å². The second kappa shape index (κ2) is 2.73. The smallest absolute Gasteiger partial charge is 0.355 e. The Hall–Kier alpha value is -0.120. The van der Waals surface area contributed by atoms with E-state index in [1.807, 2.05) is 6.92 Å². The Morgan fingerprint density at radius 3 is 2.55 bits per heavy atom. The fourth-order valence-corrected chi connectivity index (χ4v) is 1.56. The number of ether oxygens (including phenoxy) is 1. The molecule has 11 heavy (non-hydrogen) atoms. The first-order chi connectivity index (χ1) is 5.00. The number of cyclic esters (lactones) is 1. The number of carbonyl (C=O) groups is 1. The van der Waals surface area contributed by atoms with Gasteiger partial charge in [0.15, 0.2) is 0 Å². The molecule has 3 atom stereocenters. The van der Waals surface area contributed by atoms with Gasteiger partial charge in [-0.25, -0.2) is 9.18 Å². The highest BCUT2D eigenvalue weighted by molar-refractivity contribution is 9.10. The summed E-state index contributed by atoms with van der Waals surface area (Å²) in [5, 5.41) is 0. The van der Waals surface area contributed by atoms with Gasteiger partial charge in [0.25, 0.3) is 4.58 Å². The lowest BCUT2D eigenvalue weighted by atomic mass is 10.0. The van der Waals surface area contributed by atoms with Crippen LogP contribution in [0.15, 0.2) is 0 Å². The molecule has 1 rings (SSSR count). The first kappa shape index (κ1) is 8.97. The Bertz CT molecular complexity index is 181. The topological polar surface area (TPSA) is 26.3 Å². The second-order valence-electron chi connectivity index (χ2n) is 2.76. The van der Waals surface area contributed by atoms with Gasteiger partial charge in [-0.1, -0.05) is 13.8 Å². The van der Waals surface area contributed by atoms with E-state index in [4.69, 9.17) is 4.74 Å². The van der Waals surface area contributed by atoms with Crippen LogP contribution in [0.25, 0.3) is 0 Å². The van der Waals surface area contributed by atoms with Gasteiger partial charge in [0.1, 0.15) is 6.10 Å². The predicted molar refractivity (Wildman–Crippen MR) is 42.1 cm³/mol. The maximum Gasteiger partial charge on any atom is 0.355 e. The van der Waals surface area contributed by atoms with Crippen LogP contribution >= 0.6 is 15.9 Å². The Morgan fingerprint density at radius 2 is 2.36 bits per heavy atom. The zero-order valence-corrected chi connectivity index (χ0v) is 8.02. The van der Waals surface area contributed by atoms with Crippen molar-refractivity contribution < 1.29 is 13.9 Å². The monoisotopic (exact) mass is 224 g/mol.